The van der Waals surface area contributed by atoms with Crippen molar-refractivity contribution in [2.45, 2.75) is 57.1 Å². The van der Waals surface area contributed by atoms with Crippen LogP contribution in [0.15, 0.2) is 0 Å². The summed E-state index contributed by atoms with van der Waals surface area (Å²) in [4.78, 5) is 20.1. The summed E-state index contributed by atoms with van der Waals surface area (Å²) in [6.45, 7) is 2.20. The lowest BCUT2D eigenvalue weighted by atomic mass is 9.63. The maximum absolute atomic E-state index is 11.3. The molecule has 4 radical (unpaired) electrons. The molecule has 1 saturated carbocycles. The Labute approximate surface area is 113 Å². The third-order valence-corrected chi connectivity index (χ3v) is 3.84. The van der Waals surface area contributed by atoms with Crippen molar-refractivity contribution in [3.05, 3.63) is 0 Å². The predicted octanol–water partition coefficient (Wildman–Crippen LogP) is 2.54. The van der Waals surface area contributed by atoms with Crippen LogP contribution in [0.2, 0.25) is 5.21 Å². The van der Waals surface area contributed by atoms with E-state index in [-0.39, 0.29) is 18.3 Å². The fourth-order valence-electron chi connectivity index (χ4n) is 2.63. The molecular formula is C13H22B2O3. The SMILES string of the molecule is [B]C1([B])C(CCCCCCC)C1CC(=O)OOC. The second-order valence-corrected chi connectivity index (χ2v) is 5.24. The summed E-state index contributed by atoms with van der Waals surface area (Å²) in [6, 6.07) is 0. The number of carbonyl (C=O) groups is 1. The van der Waals surface area contributed by atoms with Crippen LogP contribution in [0.3, 0.4) is 0 Å². The fraction of sp³-hybridized carbons (Fsp3) is 0.923. The highest BCUT2D eigenvalue weighted by atomic mass is 17.2. The first-order valence-corrected chi connectivity index (χ1v) is 6.85. The Morgan fingerprint density at radius 3 is 2.44 bits per heavy atom. The van der Waals surface area contributed by atoms with Crippen molar-refractivity contribution in [3.8, 4) is 0 Å². The quantitative estimate of drug-likeness (QED) is 0.272. The zero-order chi connectivity index (χ0) is 13.6. The van der Waals surface area contributed by atoms with Crippen molar-refractivity contribution in [2.75, 3.05) is 7.11 Å². The Morgan fingerprint density at radius 1 is 1.17 bits per heavy atom. The lowest BCUT2D eigenvalue weighted by Crippen LogP contribution is -2.06. The molecule has 0 heterocycles. The van der Waals surface area contributed by atoms with E-state index in [2.05, 4.69) is 16.7 Å². The molecular weight excluding hydrogens is 226 g/mol. The van der Waals surface area contributed by atoms with E-state index in [9.17, 15) is 4.79 Å². The molecule has 0 N–H and O–H groups in total. The Balaban J connectivity index is 2.19. The van der Waals surface area contributed by atoms with E-state index in [1.807, 2.05) is 0 Å². The summed E-state index contributed by atoms with van der Waals surface area (Å²) < 4.78 is 0. The Kier molecular flexibility index (Phi) is 6.27. The van der Waals surface area contributed by atoms with Crippen LogP contribution < -0.4 is 0 Å². The van der Waals surface area contributed by atoms with Gasteiger partial charge < -0.3 is 0 Å². The highest BCUT2D eigenvalue weighted by Crippen LogP contribution is 2.64. The van der Waals surface area contributed by atoms with Gasteiger partial charge in [-0.2, -0.15) is 4.89 Å². The predicted molar refractivity (Wildman–Crippen MR) is 72.3 cm³/mol. The van der Waals surface area contributed by atoms with Crippen LogP contribution in [0.1, 0.15) is 51.9 Å². The molecule has 1 rings (SSSR count). The summed E-state index contributed by atoms with van der Waals surface area (Å²) in [5, 5.41) is -0.697. The smallest absolute Gasteiger partial charge is 0.299 e. The Bertz CT molecular complexity index is 269. The van der Waals surface area contributed by atoms with Crippen LogP contribution >= 0.6 is 0 Å². The van der Waals surface area contributed by atoms with Gasteiger partial charge in [-0.05, 0) is 11.8 Å². The molecule has 0 spiro atoms. The number of rotatable bonds is 9. The molecule has 0 saturated heterocycles. The topological polar surface area (TPSA) is 35.5 Å². The van der Waals surface area contributed by atoms with Crippen LogP contribution in [-0.4, -0.2) is 28.8 Å². The molecule has 1 aliphatic carbocycles. The maximum atomic E-state index is 11.3. The molecule has 0 aliphatic heterocycles. The average molecular weight is 248 g/mol. The van der Waals surface area contributed by atoms with E-state index in [0.29, 0.717) is 0 Å². The summed E-state index contributed by atoms with van der Waals surface area (Å²) in [5.74, 6) is -0.119. The number of hydrogen-bond acceptors (Lipinski definition) is 3. The Morgan fingerprint density at radius 2 is 1.83 bits per heavy atom. The highest BCUT2D eigenvalue weighted by molar-refractivity contribution is 6.43. The fourth-order valence-corrected chi connectivity index (χ4v) is 2.63. The van der Waals surface area contributed by atoms with Gasteiger partial charge in [-0.15, -0.1) is 0 Å². The van der Waals surface area contributed by atoms with Crippen LogP contribution in [0, 0.1) is 11.8 Å². The summed E-state index contributed by atoms with van der Waals surface area (Å²) >= 11 is 0. The van der Waals surface area contributed by atoms with Gasteiger partial charge in [0, 0.05) is 0 Å². The highest BCUT2D eigenvalue weighted by Gasteiger charge is 2.55. The number of unbranched alkanes of at least 4 members (excludes halogenated alkanes) is 4. The molecule has 18 heavy (non-hydrogen) atoms. The minimum absolute atomic E-state index is 0.0336. The number of carbonyl (C=O) groups excluding carboxylic acids is 1. The van der Waals surface area contributed by atoms with Gasteiger partial charge in [0.2, 0.25) is 0 Å². The van der Waals surface area contributed by atoms with Crippen molar-refractivity contribution >= 4 is 21.7 Å². The zero-order valence-electron chi connectivity index (χ0n) is 11.5. The van der Waals surface area contributed by atoms with Gasteiger partial charge in [0.25, 0.3) is 0 Å². The minimum atomic E-state index is -0.697. The van der Waals surface area contributed by atoms with Crippen LogP contribution in [0.4, 0.5) is 0 Å². The summed E-state index contributed by atoms with van der Waals surface area (Å²) in [7, 11) is 13.3. The molecule has 1 fully saturated rings. The Hall–Kier alpha value is -0.440. The monoisotopic (exact) mass is 248 g/mol. The second kappa shape index (κ2) is 7.22. The minimum Gasteiger partial charge on any atom is -0.299 e. The van der Waals surface area contributed by atoms with Crippen molar-refractivity contribution < 1.29 is 14.6 Å². The lowest BCUT2D eigenvalue weighted by Gasteiger charge is -2.02. The molecule has 0 aromatic carbocycles. The van der Waals surface area contributed by atoms with Gasteiger partial charge in [-0.3, -0.25) is 4.89 Å². The van der Waals surface area contributed by atoms with E-state index < -0.39 is 11.2 Å². The van der Waals surface area contributed by atoms with E-state index in [4.69, 9.17) is 15.7 Å². The van der Waals surface area contributed by atoms with Crippen molar-refractivity contribution in [1.82, 2.24) is 0 Å². The average Bonchev–Trinajstić information content (AvgIpc) is 2.80. The molecule has 0 aromatic heterocycles. The van der Waals surface area contributed by atoms with E-state index in [1.54, 1.807) is 0 Å². The molecule has 1 aliphatic rings. The third kappa shape index (κ3) is 4.34. The van der Waals surface area contributed by atoms with Gasteiger partial charge in [0.15, 0.2) is 0 Å². The zero-order valence-corrected chi connectivity index (χ0v) is 11.5. The number of hydrogen-bond donors (Lipinski definition) is 0. The maximum Gasteiger partial charge on any atom is 0.342 e. The van der Waals surface area contributed by atoms with Gasteiger partial charge in [0.05, 0.1) is 29.2 Å². The van der Waals surface area contributed by atoms with Crippen LogP contribution in [0.5, 0.6) is 0 Å². The molecule has 2 atom stereocenters. The van der Waals surface area contributed by atoms with Crippen molar-refractivity contribution in [2.24, 2.45) is 11.8 Å². The normalized spacial score (nSPS) is 24.8. The van der Waals surface area contributed by atoms with Gasteiger partial charge in [-0.1, -0.05) is 50.7 Å². The van der Waals surface area contributed by atoms with Gasteiger partial charge in [0.1, 0.15) is 0 Å². The van der Waals surface area contributed by atoms with Gasteiger partial charge in [-0.25, -0.2) is 4.79 Å². The lowest BCUT2D eigenvalue weighted by molar-refractivity contribution is -0.255. The first-order valence-electron chi connectivity index (χ1n) is 6.85. The van der Waals surface area contributed by atoms with Crippen LogP contribution in [0.25, 0.3) is 0 Å². The standard InChI is InChI=1S/C13H22B2O3/c1-3-4-5-6-7-8-10-11(13(10,14)15)9-12(16)18-17-2/h10-11H,3-9H2,1-2H3. The molecule has 0 aromatic rings. The summed E-state index contributed by atoms with van der Waals surface area (Å²) in [5.41, 5.74) is 0. The first-order chi connectivity index (χ1) is 8.54. The summed E-state index contributed by atoms with van der Waals surface area (Å²) in [6.07, 6.45) is 7.40. The molecule has 98 valence electrons. The van der Waals surface area contributed by atoms with Crippen LogP contribution in [-0.2, 0) is 14.6 Å². The molecule has 0 bridgehead atoms. The molecule has 3 nitrogen and oxygen atoms in total. The van der Waals surface area contributed by atoms with E-state index >= 15 is 0 Å². The molecule has 0 amide bonds. The largest absolute Gasteiger partial charge is 0.342 e. The van der Waals surface area contributed by atoms with Crippen molar-refractivity contribution in [3.63, 3.8) is 0 Å². The van der Waals surface area contributed by atoms with Crippen molar-refractivity contribution in [1.29, 1.82) is 0 Å². The third-order valence-electron chi connectivity index (χ3n) is 3.84. The van der Waals surface area contributed by atoms with Gasteiger partial charge >= 0.3 is 5.97 Å². The van der Waals surface area contributed by atoms with E-state index in [1.165, 1.54) is 32.8 Å². The first kappa shape index (κ1) is 15.6. The van der Waals surface area contributed by atoms with E-state index in [0.717, 1.165) is 12.8 Å². The second-order valence-electron chi connectivity index (χ2n) is 5.24. The molecule has 5 heteroatoms. The molecule has 2 unspecified atom stereocenters.